The lowest BCUT2D eigenvalue weighted by molar-refractivity contribution is -0.139. The minimum atomic E-state index is -0.964. The highest BCUT2D eigenvalue weighted by molar-refractivity contribution is 8.14. The van der Waals surface area contributed by atoms with Gasteiger partial charge in [-0.15, -0.1) is 11.8 Å². The zero-order chi connectivity index (χ0) is 12.8. The number of hydrogen-bond acceptors (Lipinski definition) is 6. The van der Waals surface area contributed by atoms with Crippen molar-refractivity contribution in [2.45, 2.75) is 12.1 Å². The minimum Gasteiger partial charge on any atom is -0.480 e. The largest absolute Gasteiger partial charge is 0.480 e. The van der Waals surface area contributed by atoms with Crippen LogP contribution in [0.1, 0.15) is 0 Å². The van der Waals surface area contributed by atoms with Gasteiger partial charge in [0.15, 0.2) is 0 Å². The Bertz CT molecular complexity index is 319. The summed E-state index contributed by atoms with van der Waals surface area (Å²) in [5, 5.41) is 21.5. The smallest absolute Gasteiger partial charge is 0.327 e. The van der Waals surface area contributed by atoms with E-state index < -0.39 is 18.0 Å². The van der Waals surface area contributed by atoms with Crippen molar-refractivity contribution in [2.75, 3.05) is 17.4 Å². The normalized spacial score (nSPS) is 26.9. The van der Waals surface area contributed by atoms with Crippen LogP contribution >= 0.6 is 23.5 Å². The fourth-order valence-corrected chi connectivity index (χ4v) is 2.77. The second-order valence-corrected chi connectivity index (χ2v) is 5.27. The van der Waals surface area contributed by atoms with Gasteiger partial charge >= 0.3 is 11.9 Å². The number of rotatable bonds is 2. The zero-order valence-electron chi connectivity index (χ0n) is 8.71. The zero-order valence-corrected chi connectivity index (χ0v) is 10.3. The van der Waals surface area contributed by atoms with Gasteiger partial charge in [-0.2, -0.15) is 0 Å². The van der Waals surface area contributed by atoms with Crippen LogP contribution in [0.25, 0.3) is 0 Å². The molecule has 96 valence electrons. The summed E-state index contributed by atoms with van der Waals surface area (Å²) in [5.41, 5.74) is 0. The summed E-state index contributed by atoms with van der Waals surface area (Å²) in [6.07, 6.45) is 0. The van der Waals surface area contributed by atoms with Crippen LogP contribution in [0.15, 0.2) is 0 Å². The number of carbonyl (C=O) groups excluding carboxylic acids is 1. The molecule has 0 spiro atoms. The van der Waals surface area contributed by atoms with Gasteiger partial charge in [0.2, 0.25) is 0 Å². The standard InChI is InChI=1S/C4H5NO3S.C4H7NO2S/c6-3(7)2-1-9-4(8)5-2;6-4(7)3-1-8-2-5-3/h2H,1H2,(H,5,8)(H,6,7);3,5H,1-2H2,(H,6,7). The number of carboxylic acid groups (broad SMARTS) is 2. The van der Waals surface area contributed by atoms with E-state index in [1.165, 1.54) is 0 Å². The number of nitrogens with one attached hydrogen (secondary N) is 2. The molecule has 2 rings (SSSR count). The molecular formula is C8H12N2O5S2. The summed E-state index contributed by atoms with van der Waals surface area (Å²) in [4.78, 5) is 30.6. The average molecular weight is 280 g/mol. The van der Waals surface area contributed by atoms with Crippen molar-refractivity contribution >= 4 is 40.7 Å². The summed E-state index contributed by atoms with van der Waals surface area (Å²) in [7, 11) is 0. The van der Waals surface area contributed by atoms with Crippen molar-refractivity contribution in [3.05, 3.63) is 0 Å². The fourth-order valence-electron chi connectivity index (χ4n) is 1.07. The second-order valence-electron chi connectivity index (χ2n) is 3.24. The molecule has 1 amide bonds. The number of aliphatic carboxylic acids is 2. The molecule has 0 aromatic carbocycles. The van der Waals surface area contributed by atoms with E-state index in [4.69, 9.17) is 10.2 Å². The molecule has 2 atom stereocenters. The molecule has 4 N–H and O–H groups in total. The Morgan fingerprint density at radius 2 is 1.82 bits per heavy atom. The van der Waals surface area contributed by atoms with Gasteiger partial charge < -0.3 is 15.5 Å². The van der Waals surface area contributed by atoms with Crippen molar-refractivity contribution in [1.29, 1.82) is 0 Å². The summed E-state index contributed by atoms with van der Waals surface area (Å²) < 4.78 is 0. The Kier molecular flexibility index (Phi) is 5.59. The lowest BCUT2D eigenvalue weighted by Gasteiger charge is -1.98. The molecule has 2 heterocycles. The molecule has 2 fully saturated rings. The molecule has 7 nitrogen and oxygen atoms in total. The highest BCUT2D eigenvalue weighted by atomic mass is 32.2. The number of carboxylic acids is 2. The third-order valence-electron chi connectivity index (χ3n) is 1.99. The monoisotopic (exact) mass is 280 g/mol. The van der Waals surface area contributed by atoms with Crippen LogP contribution in [0.2, 0.25) is 0 Å². The van der Waals surface area contributed by atoms with Crippen LogP contribution in [0, 0.1) is 0 Å². The summed E-state index contributed by atoms with van der Waals surface area (Å²) in [5.74, 6) is 0.115. The Hall–Kier alpha value is -0.930. The molecule has 0 saturated carbocycles. The number of amides is 1. The molecule has 0 aliphatic carbocycles. The molecule has 9 heteroatoms. The van der Waals surface area contributed by atoms with Crippen molar-refractivity contribution in [1.82, 2.24) is 10.6 Å². The van der Waals surface area contributed by atoms with Gasteiger partial charge in [-0.05, 0) is 0 Å². The molecule has 2 aliphatic rings. The molecular weight excluding hydrogens is 268 g/mol. The third kappa shape index (κ3) is 4.84. The quantitative estimate of drug-likeness (QED) is 0.541. The summed E-state index contributed by atoms with van der Waals surface area (Å²) in [6, 6.07) is -0.984. The van der Waals surface area contributed by atoms with E-state index in [0.29, 0.717) is 11.5 Å². The van der Waals surface area contributed by atoms with Crippen LogP contribution in [-0.4, -0.2) is 56.9 Å². The predicted molar refractivity (Wildman–Crippen MR) is 64.3 cm³/mol. The van der Waals surface area contributed by atoms with Gasteiger partial charge in [0, 0.05) is 17.4 Å². The van der Waals surface area contributed by atoms with Crippen LogP contribution in [0.4, 0.5) is 4.79 Å². The van der Waals surface area contributed by atoms with Crippen LogP contribution in [-0.2, 0) is 9.59 Å². The van der Waals surface area contributed by atoms with E-state index in [1.807, 2.05) is 0 Å². The van der Waals surface area contributed by atoms with E-state index in [0.717, 1.165) is 17.6 Å². The van der Waals surface area contributed by atoms with E-state index in [2.05, 4.69) is 10.6 Å². The molecule has 17 heavy (non-hydrogen) atoms. The maximum absolute atomic E-state index is 10.3. The van der Waals surface area contributed by atoms with Crippen LogP contribution in [0.5, 0.6) is 0 Å². The van der Waals surface area contributed by atoms with Crippen molar-refractivity contribution < 1.29 is 24.6 Å². The van der Waals surface area contributed by atoms with Crippen LogP contribution in [0.3, 0.4) is 0 Å². The van der Waals surface area contributed by atoms with Crippen molar-refractivity contribution in [3.8, 4) is 0 Å². The first kappa shape index (κ1) is 14.1. The number of hydrogen-bond donors (Lipinski definition) is 4. The van der Waals surface area contributed by atoms with Gasteiger partial charge in [-0.25, -0.2) is 4.79 Å². The van der Waals surface area contributed by atoms with Gasteiger partial charge in [0.05, 0.1) is 0 Å². The molecule has 0 radical (unpaired) electrons. The maximum atomic E-state index is 10.3. The van der Waals surface area contributed by atoms with E-state index >= 15 is 0 Å². The molecule has 2 aliphatic heterocycles. The third-order valence-corrected chi connectivity index (χ3v) is 3.81. The summed E-state index contributed by atoms with van der Waals surface area (Å²) >= 11 is 2.62. The number of carbonyl (C=O) groups is 3. The topological polar surface area (TPSA) is 116 Å². The highest BCUT2D eigenvalue weighted by Crippen LogP contribution is 2.12. The van der Waals surface area contributed by atoms with E-state index in [9.17, 15) is 14.4 Å². The lowest BCUT2D eigenvalue weighted by atomic mass is 10.4. The first-order valence-corrected chi connectivity index (χ1v) is 6.84. The highest BCUT2D eigenvalue weighted by Gasteiger charge is 2.27. The Morgan fingerprint density at radius 1 is 1.18 bits per heavy atom. The second kappa shape index (κ2) is 6.72. The Balaban J connectivity index is 0.000000171. The SMILES string of the molecule is O=C(O)C1CSCN1.O=C1NC(C(=O)O)CS1. The molecule has 0 aromatic heterocycles. The minimum absolute atomic E-state index is 0.248. The Morgan fingerprint density at radius 3 is 2.06 bits per heavy atom. The van der Waals surface area contributed by atoms with Gasteiger partial charge in [0.25, 0.3) is 5.24 Å². The fraction of sp³-hybridized carbons (Fsp3) is 0.625. The maximum Gasteiger partial charge on any atom is 0.327 e. The molecule has 0 aromatic rings. The molecule has 2 unspecified atom stereocenters. The van der Waals surface area contributed by atoms with E-state index in [1.54, 1.807) is 11.8 Å². The van der Waals surface area contributed by atoms with Gasteiger partial charge in [-0.1, -0.05) is 11.8 Å². The van der Waals surface area contributed by atoms with Crippen molar-refractivity contribution in [3.63, 3.8) is 0 Å². The lowest BCUT2D eigenvalue weighted by Crippen LogP contribution is -2.33. The van der Waals surface area contributed by atoms with Gasteiger partial charge in [-0.3, -0.25) is 14.9 Å². The first-order chi connectivity index (χ1) is 8.00. The Labute approximate surface area is 106 Å². The summed E-state index contributed by atoms with van der Waals surface area (Å²) in [6.45, 7) is 0. The predicted octanol–water partition coefficient (Wildman–Crippen LogP) is -0.370. The average Bonchev–Trinajstić information content (AvgIpc) is 2.87. The van der Waals surface area contributed by atoms with Crippen molar-refractivity contribution in [2.24, 2.45) is 0 Å². The van der Waals surface area contributed by atoms with E-state index in [-0.39, 0.29) is 11.3 Å². The first-order valence-electron chi connectivity index (χ1n) is 4.70. The van der Waals surface area contributed by atoms with Crippen LogP contribution < -0.4 is 10.6 Å². The number of thioether (sulfide) groups is 2. The molecule has 0 bridgehead atoms. The van der Waals surface area contributed by atoms with Gasteiger partial charge in [0.1, 0.15) is 12.1 Å². The molecule has 2 saturated heterocycles.